The van der Waals surface area contributed by atoms with Crippen molar-refractivity contribution in [1.29, 1.82) is 0 Å². The Balaban J connectivity index is 2.85. The van der Waals surface area contributed by atoms with Gasteiger partial charge in [-0.15, -0.1) is 0 Å². The molecule has 5 heteroatoms. The van der Waals surface area contributed by atoms with Gasteiger partial charge in [0.15, 0.2) is 0 Å². The van der Waals surface area contributed by atoms with E-state index in [2.05, 4.69) is 15.9 Å². The molecule has 78 valence electrons. The Morgan fingerprint density at radius 3 is 2.47 bits per heavy atom. The molecule has 0 radical (unpaired) electrons. The van der Waals surface area contributed by atoms with Gasteiger partial charge in [0, 0.05) is 15.2 Å². The van der Waals surface area contributed by atoms with Gasteiger partial charge in [-0.3, -0.25) is 0 Å². The second-order valence-corrected chi connectivity index (χ2v) is 6.48. The monoisotopic (exact) mass is 304 g/mol. The van der Waals surface area contributed by atoms with Gasteiger partial charge in [-0.25, -0.2) is 8.42 Å². The molecule has 15 heavy (non-hydrogen) atoms. The second-order valence-electron chi connectivity index (χ2n) is 3.06. The van der Waals surface area contributed by atoms with E-state index in [4.69, 9.17) is 10.7 Å². The molecule has 0 spiro atoms. The highest BCUT2D eigenvalue weighted by Gasteiger charge is 2.12. The fraction of sp³-hybridized carbons (Fsp3) is 0. The van der Waals surface area contributed by atoms with E-state index in [-0.39, 0.29) is 4.90 Å². The van der Waals surface area contributed by atoms with Crippen LogP contribution in [0.2, 0.25) is 0 Å². The zero-order valence-corrected chi connectivity index (χ0v) is 10.6. The van der Waals surface area contributed by atoms with Crippen molar-refractivity contribution < 1.29 is 8.42 Å². The zero-order chi connectivity index (χ0) is 11.1. The Bertz CT molecular complexity index is 622. The summed E-state index contributed by atoms with van der Waals surface area (Å²) in [4.78, 5) is 0.106. The molecule has 0 amide bonds. The van der Waals surface area contributed by atoms with Crippen molar-refractivity contribution >= 4 is 46.4 Å². The Kier molecular flexibility index (Phi) is 2.75. The van der Waals surface area contributed by atoms with Crippen molar-refractivity contribution in [2.24, 2.45) is 0 Å². The molecular formula is C10H6BrClO2S. The molecule has 0 fully saturated rings. The van der Waals surface area contributed by atoms with Gasteiger partial charge in [-0.1, -0.05) is 40.2 Å². The first-order chi connectivity index (χ1) is 6.98. The van der Waals surface area contributed by atoms with Crippen molar-refractivity contribution in [1.82, 2.24) is 0 Å². The van der Waals surface area contributed by atoms with Crippen LogP contribution in [0.5, 0.6) is 0 Å². The molecule has 0 aliphatic rings. The molecule has 0 aliphatic heterocycles. The minimum atomic E-state index is -3.67. The van der Waals surface area contributed by atoms with E-state index in [1.807, 2.05) is 24.3 Å². The average molecular weight is 306 g/mol. The molecule has 0 bridgehead atoms. The predicted molar refractivity (Wildman–Crippen MR) is 64.7 cm³/mol. The van der Waals surface area contributed by atoms with Crippen LogP contribution in [0, 0.1) is 0 Å². The molecule has 2 rings (SSSR count). The number of benzene rings is 2. The standard InChI is InChI=1S/C10H6BrClO2S/c11-10-6-8(15(12,13)14)5-7-3-1-2-4-9(7)10/h1-6H. The average Bonchev–Trinajstić information content (AvgIpc) is 2.16. The fourth-order valence-corrected chi connectivity index (χ4v) is 2.93. The van der Waals surface area contributed by atoms with E-state index in [0.29, 0.717) is 0 Å². The van der Waals surface area contributed by atoms with Gasteiger partial charge in [0.2, 0.25) is 0 Å². The van der Waals surface area contributed by atoms with Crippen LogP contribution in [0.3, 0.4) is 0 Å². The molecule has 0 N–H and O–H groups in total. The molecule has 0 unspecified atom stereocenters. The minimum absolute atomic E-state index is 0.106. The molecule has 2 aromatic carbocycles. The van der Waals surface area contributed by atoms with Crippen LogP contribution in [-0.2, 0) is 9.05 Å². The van der Waals surface area contributed by atoms with Gasteiger partial charge in [0.25, 0.3) is 9.05 Å². The van der Waals surface area contributed by atoms with Gasteiger partial charge < -0.3 is 0 Å². The lowest BCUT2D eigenvalue weighted by Gasteiger charge is -2.03. The third-order valence-electron chi connectivity index (χ3n) is 2.07. The topological polar surface area (TPSA) is 34.1 Å². The number of hydrogen-bond acceptors (Lipinski definition) is 2. The molecule has 2 nitrogen and oxygen atoms in total. The second kappa shape index (κ2) is 3.77. The summed E-state index contributed by atoms with van der Waals surface area (Å²) in [5.41, 5.74) is 0. The summed E-state index contributed by atoms with van der Waals surface area (Å²) in [5.74, 6) is 0. The number of rotatable bonds is 1. The first kappa shape index (κ1) is 10.9. The molecular weight excluding hydrogens is 300 g/mol. The fourth-order valence-electron chi connectivity index (χ4n) is 1.38. The van der Waals surface area contributed by atoms with Crippen LogP contribution in [0.25, 0.3) is 10.8 Å². The Labute approximate surface area is 100 Å². The summed E-state index contributed by atoms with van der Waals surface area (Å²) in [6, 6.07) is 10.5. The summed E-state index contributed by atoms with van der Waals surface area (Å²) in [6.45, 7) is 0. The zero-order valence-electron chi connectivity index (χ0n) is 7.44. The van der Waals surface area contributed by atoms with Crippen LogP contribution in [0.1, 0.15) is 0 Å². The molecule has 0 saturated carbocycles. The van der Waals surface area contributed by atoms with Crippen molar-refractivity contribution in [2.75, 3.05) is 0 Å². The van der Waals surface area contributed by atoms with E-state index in [0.717, 1.165) is 15.2 Å². The van der Waals surface area contributed by atoms with Crippen LogP contribution < -0.4 is 0 Å². The third kappa shape index (κ3) is 2.17. The van der Waals surface area contributed by atoms with Gasteiger partial charge in [-0.2, -0.15) is 0 Å². The Morgan fingerprint density at radius 1 is 1.13 bits per heavy atom. The number of hydrogen-bond donors (Lipinski definition) is 0. The van der Waals surface area contributed by atoms with Crippen molar-refractivity contribution in [3.05, 3.63) is 40.9 Å². The highest BCUT2D eigenvalue weighted by molar-refractivity contribution is 9.10. The maximum atomic E-state index is 11.2. The molecule has 0 aliphatic carbocycles. The number of fused-ring (bicyclic) bond motifs is 1. The largest absolute Gasteiger partial charge is 0.261 e. The van der Waals surface area contributed by atoms with E-state index in [1.54, 1.807) is 6.07 Å². The lowest BCUT2D eigenvalue weighted by atomic mass is 10.1. The molecule has 0 atom stereocenters. The summed E-state index contributed by atoms with van der Waals surface area (Å²) in [6.07, 6.45) is 0. The van der Waals surface area contributed by atoms with Gasteiger partial charge in [-0.05, 0) is 22.9 Å². The summed E-state index contributed by atoms with van der Waals surface area (Å²) in [5, 5.41) is 1.80. The van der Waals surface area contributed by atoms with E-state index < -0.39 is 9.05 Å². The summed E-state index contributed by atoms with van der Waals surface area (Å²) >= 11 is 3.32. The van der Waals surface area contributed by atoms with Crippen molar-refractivity contribution in [2.45, 2.75) is 4.90 Å². The maximum Gasteiger partial charge on any atom is 0.261 e. The first-order valence-corrected chi connectivity index (χ1v) is 7.22. The van der Waals surface area contributed by atoms with Gasteiger partial charge in [0.1, 0.15) is 0 Å². The van der Waals surface area contributed by atoms with Gasteiger partial charge >= 0.3 is 0 Å². The summed E-state index contributed by atoms with van der Waals surface area (Å²) in [7, 11) is 1.61. The van der Waals surface area contributed by atoms with E-state index >= 15 is 0 Å². The molecule has 0 aromatic heterocycles. The lowest BCUT2D eigenvalue weighted by molar-refractivity contribution is 0.609. The van der Waals surface area contributed by atoms with E-state index in [1.165, 1.54) is 6.07 Å². The minimum Gasteiger partial charge on any atom is -0.207 e. The van der Waals surface area contributed by atoms with Crippen molar-refractivity contribution in [3.63, 3.8) is 0 Å². The first-order valence-electron chi connectivity index (χ1n) is 4.11. The summed E-state index contributed by atoms with van der Waals surface area (Å²) < 4.78 is 23.1. The lowest BCUT2D eigenvalue weighted by Crippen LogP contribution is -1.90. The molecule has 0 saturated heterocycles. The maximum absolute atomic E-state index is 11.2. The SMILES string of the molecule is O=S(=O)(Cl)c1cc(Br)c2ccccc2c1. The number of halogens is 2. The molecule has 0 heterocycles. The van der Waals surface area contributed by atoms with Crippen LogP contribution in [0.15, 0.2) is 45.8 Å². The Morgan fingerprint density at radius 2 is 1.80 bits per heavy atom. The highest BCUT2D eigenvalue weighted by atomic mass is 79.9. The molecule has 2 aromatic rings. The van der Waals surface area contributed by atoms with Crippen LogP contribution in [-0.4, -0.2) is 8.42 Å². The van der Waals surface area contributed by atoms with Crippen LogP contribution >= 0.6 is 26.6 Å². The van der Waals surface area contributed by atoms with E-state index in [9.17, 15) is 8.42 Å². The predicted octanol–water partition coefficient (Wildman–Crippen LogP) is 3.53. The smallest absolute Gasteiger partial charge is 0.207 e. The van der Waals surface area contributed by atoms with Gasteiger partial charge in [0.05, 0.1) is 4.90 Å². The quantitative estimate of drug-likeness (QED) is 0.755. The third-order valence-corrected chi connectivity index (χ3v) is 4.06. The van der Waals surface area contributed by atoms with Crippen LogP contribution in [0.4, 0.5) is 0 Å². The normalized spacial score (nSPS) is 11.9. The Hall–Kier alpha value is -0.580. The van der Waals surface area contributed by atoms with Crippen molar-refractivity contribution in [3.8, 4) is 0 Å². The highest BCUT2D eigenvalue weighted by Crippen LogP contribution is 2.28.